The van der Waals surface area contributed by atoms with Crippen molar-refractivity contribution in [1.29, 1.82) is 0 Å². The van der Waals surface area contributed by atoms with Crippen LogP contribution in [0.25, 0.3) is 0 Å². The van der Waals surface area contributed by atoms with Crippen LogP contribution in [0.3, 0.4) is 0 Å². The standard InChI is InChI=1S/C11H18N2OS/c1-9-5-15-10(13-9)3-4-12-6-11(2)7-14-8-11/h5,12H,3-4,6-8H2,1-2H3. The van der Waals surface area contributed by atoms with Crippen molar-refractivity contribution >= 4 is 11.3 Å². The molecule has 0 radical (unpaired) electrons. The van der Waals surface area contributed by atoms with Crippen molar-refractivity contribution in [3.05, 3.63) is 16.1 Å². The van der Waals surface area contributed by atoms with E-state index in [1.54, 1.807) is 11.3 Å². The molecule has 1 fully saturated rings. The molecule has 0 unspecified atom stereocenters. The van der Waals surface area contributed by atoms with E-state index in [-0.39, 0.29) is 0 Å². The van der Waals surface area contributed by atoms with Gasteiger partial charge in [0.1, 0.15) is 0 Å². The van der Waals surface area contributed by atoms with Crippen molar-refractivity contribution in [2.75, 3.05) is 26.3 Å². The third-order valence-corrected chi connectivity index (χ3v) is 3.66. The van der Waals surface area contributed by atoms with Crippen LogP contribution in [-0.4, -0.2) is 31.3 Å². The van der Waals surface area contributed by atoms with Gasteiger partial charge >= 0.3 is 0 Å². The molecule has 1 N–H and O–H groups in total. The third-order valence-electron chi connectivity index (χ3n) is 2.64. The minimum atomic E-state index is 0.374. The topological polar surface area (TPSA) is 34.1 Å². The fraction of sp³-hybridized carbons (Fsp3) is 0.727. The predicted octanol–water partition coefficient (Wildman–Crippen LogP) is 1.62. The van der Waals surface area contributed by atoms with Gasteiger partial charge in [0.25, 0.3) is 0 Å². The molecule has 0 aromatic carbocycles. The summed E-state index contributed by atoms with van der Waals surface area (Å²) in [5, 5.41) is 6.81. The highest BCUT2D eigenvalue weighted by Gasteiger charge is 2.32. The molecule has 0 atom stereocenters. The number of aryl methyl sites for hydroxylation is 1. The third kappa shape index (κ3) is 3.00. The highest BCUT2D eigenvalue weighted by Crippen LogP contribution is 2.24. The molecule has 1 aliphatic heterocycles. The van der Waals surface area contributed by atoms with Crippen LogP contribution >= 0.6 is 11.3 Å². The zero-order chi connectivity index (χ0) is 10.7. The van der Waals surface area contributed by atoms with Crippen LogP contribution in [0.2, 0.25) is 0 Å². The van der Waals surface area contributed by atoms with Gasteiger partial charge < -0.3 is 10.1 Å². The maximum absolute atomic E-state index is 5.21. The first-order valence-corrected chi connectivity index (χ1v) is 6.25. The van der Waals surface area contributed by atoms with Crippen molar-refractivity contribution in [1.82, 2.24) is 10.3 Å². The van der Waals surface area contributed by atoms with Gasteiger partial charge in [-0.15, -0.1) is 11.3 Å². The molecule has 3 nitrogen and oxygen atoms in total. The Bertz CT molecular complexity index is 320. The SMILES string of the molecule is Cc1csc(CCNCC2(C)COC2)n1. The number of rotatable bonds is 5. The normalized spacial score (nSPS) is 18.8. The highest BCUT2D eigenvalue weighted by atomic mass is 32.1. The van der Waals surface area contributed by atoms with Gasteiger partial charge in [-0.2, -0.15) is 0 Å². The number of nitrogens with zero attached hydrogens (tertiary/aromatic N) is 1. The zero-order valence-corrected chi connectivity index (χ0v) is 10.2. The molecule has 0 amide bonds. The molecule has 15 heavy (non-hydrogen) atoms. The summed E-state index contributed by atoms with van der Waals surface area (Å²) in [6.07, 6.45) is 1.04. The number of aromatic nitrogens is 1. The summed E-state index contributed by atoms with van der Waals surface area (Å²) in [6, 6.07) is 0. The van der Waals surface area contributed by atoms with E-state index in [4.69, 9.17) is 4.74 Å². The van der Waals surface area contributed by atoms with Crippen LogP contribution in [-0.2, 0) is 11.2 Å². The zero-order valence-electron chi connectivity index (χ0n) is 9.38. The molecule has 84 valence electrons. The monoisotopic (exact) mass is 226 g/mol. The molecule has 1 aliphatic rings. The molecule has 1 aromatic heterocycles. The maximum atomic E-state index is 5.21. The Morgan fingerprint density at radius 2 is 2.40 bits per heavy atom. The summed E-state index contributed by atoms with van der Waals surface area (Å²) in [5.74, 6) is 0. The van der Waals surface area contributed by atoms with Crippen LogP contribution in [0.1, 0.15) is 17.6 Å². The Balaban J connectivity index is 1.63. The molecular formula is C11H18N2OS. The van der Waals surface area contributed by atoms with Crippen LogP contribution in [0.4, 0.5) is 0 Å². The number of ether oxygens (including phenoxy) is 1. The second kappa shape index (κ2) is 4.60. The van der Waals surface area contributed by atoms with Gasteiger partial charge in [0.2, 0.25) is 0 Å². The van der Waals surface area contributed by atoms with Crippen LogP contribution in [0.15, 0.2) is 5.38 Å². The molecule has 0 saturated carbocycles. The average molecular weight is 226 g/mol. The average Bonchev–Trinajstić information content (AvgIpc) is 2.56. The minimum Gasteiger partial charge on any atom is -0.380 e. The second-order valence-electron chi connectivity index (χ2n) is 4.61. The van der Waals surface area contributed by atoms with E-state index < -0.39 is 0 Å². The predicted molar refractivity (Wildman–Crippen MR) is 62.4 cm³/mol. The molecular weight excluding hydrogens is 208 g/mol. The number of thiazole rings is 1. The van der Waals surface area contributed by atoms with Gasteiger partial charge in [0.05, 0.1) is 18.2 Å². The minimum absolute atomic E-state index is 0.374. The van der Waals surface area contributed by atoms with E-state index in [0.717, 1.165) is 38.4 Å². The number of nitrogens with one attached hydrogen (secondary N) is 1. The van der Waals surface area contributed by atoms with Crippen LogP contribution in [0, 0.1) is 12.3 Å². The molecule has 0 spiro atoms. The van der Waals surface area contributed by atoms with Gasteiger partial charge in [0.15, 0.2) is 0 Å². The largest absolute Gasteiger partial charge is 0.380 e. The van der Waals surface area contributed by atoms with E-state index in [2.05, 4.69) is 22.6 Å². The molecule has 0 bridgehead atoms. The van der Waals surface area contributed by atoms with E-state index in [1.165, 1.54) is 5.01 Å². The van der Waals surface area contributed by atoms with Gasteiger partial charge in [-0.3, -0.25) is 0 Å². The first-order chi connectivity index (χ1) is 7.18. The lowest BCUT2D eigenvalue weighted by molar-refractivity contribution is -0.0988. The lowest BCUT2D eigenvalue weighted by Gasteiger charge is -2.38. The van der Waals surface area contributed by atoms with E-state index in [0.29, 0.717) is 5.41 Å². The highest BCUT2D eigenvalue weighted by molar-refractivity contribution is 7.09. The Labute approximate surface area is 94.9 Å². The van der Waals surface area contributed by atoms with Gasteiger partial charge in [0, 0.05) is 36.0 Å². The number of hydrogen-bond acceptors (Lipinski definition) is 4. The van der Waals surface area contributed by atoms with Crippen LogP contribution in [0.5, 0.6) is 0 Å². The summed E-state index contributed by atoms with van der Waals surface area (Å²) in [4.78, 5) is 4.43. The molecule has 2 heterocycles. The van der Waals surface area contributed by atoms with E-state index in [1.807, 2.05) is 6.92 Å². The fourth-order valence-corrected chi connectivity index (χ4v) is 2.43. The summed E-state index contributed by atoms with van der Waals surface area (Å²) in [5.41, 5.74) is 1.51. The fourth-order valence-electron chi connectivity index (χ4n) is 1.66. The van der Waals surface area contributed by atoms with Crippen molar-refractivity contribution in [3.8, 4) is 0 Å². The van der Waals surface area contributed by atoms with E-state index >= 15 is 0 Å². The Kier molecular flexibility index (Phi) is 3.38. The second-order valence-corrected chi connectivity index (χ2v) is 5.56. The van der Waals surface area contributed by atoms with E-state index in [9.17, 15) is 0 Å². The van der Waals surface area contributed by atoms with Gasteiger partial charge in [-0.25, -0.2) is 4.98 Å². The molecule has 4 heteroatoms. The molecule has 1 aromatic rings. The van der Waals surface area contributed by atoms with Gasteiger partial charge in [-0.05, 0) is 6.92 Å². The van der Waals surface area contributed by atoms with Crippen molar-refractivity contribution in [3.63, 3.8) is 0 Å². The smallest absolute Gasteiger partial charge is 0.0940 e. The van der Waals surface area contributed by atoms with Crippen molar-refractivity contribution < 1.29 is 4.74 Å². The first kappa shape index (κ1) is 11.0. The Morgan fingerprint density at radius 3 is 2.93 bits per heavy atom. The van der Waals surface area contributed by atoms with Crippen molar-refractivity contribution in [2.24, 2.45) is 5.41 Å². The maximum Gasteiger partial charge on any atom is 0.0940 e. The lowest BCUT2D eigenvalue weighted by Crippen LogP contribution is -2.47. The lowest BCUT2D eigenvalue weighted by atomic mass is 9.89. The van der Waals surface area contributed by atoms with Crippen molar-refractivity contribution in [2.45, 2.75) is 20.3 Å². The molecule has 0 aliphatic carbocycles. The Hall–Kier alpha value is -0.450. The van der Waals surface area contributed by atoms with Gasteiger partial charge in [-0.1, -0.05) is 6.92 Å². The van der Waals surface area contributed by atoms with Crippen LogP contribution < -0.4 is 5.32 Å². The molecule has 1 saturated heterocycles. The Morgan fingerprint density at radius 1 is 1.60 bits per heavy atom. The summed E-state index contributed by atoms with van der Waals surface area (Å²) >= 11 is 1.75. The summed E-state index contributed by atoms with van der Waals surface area (Å²) in [7, 11) is 0. The number of hydrogen-bond donors (Lipinski definition) is 1. The first-order valence-electron chi connectivity index (χ1n) is 5.37. The molecule has 2 rings (SSSR count). The summed E-state index contributed by atoms with van der Waals surface area (Å²) in [6.45, 7) is 8.17. The quantitative estimate of drug-likeness (QED) is 0.775. The summed E-state index contributed by atoms with van der Waals surface area (Å²) < 4.78 is 5.21.